The van der Waals surface area contributed by atoms with Gasteiger partial charge in [-0.25, -0.2) is 4.98 Å². The van der Waals surface area contributed by atoms with Gasteiger partial charge < -0.3 is 10.6 Å². The Hall–Kier alpha value is -1.58. The molecule has 0 saturated heterocycles. The van der Waals surface area contributed by atoms with Crippen molar-refractivity contribution < 1.29 is 4.79 Å². The third-order valence-corrected chi connectivity index (χ3v) is 2.74. The lowest BCUT2D eigenvalue weighted by Crippen LogP contribution is -2.34. The Morgan fingerprint density at radius 3 is 2.82 bits per heavy atom. The molecular weight excluding hydrogens is 214 g/mol. The van der Waals surface area contributed by atoms with Gasteiger partial charge in [0.05, 0.1) is 0 Å². The second kappa shape index (κ2) is 6.89. The first kappa shape index (κ1) is 13.5. The third kappa shape index (κ3) is 4.06. The molecule has 1 heterocycles. The summed E-state index contributed by atoms with van der Waals surface area (Å²) < 4.78 is 0. The van der Waals surface area contributed by atoms with Gasteiger partial charge in [0.15, 0.2) is 0 Å². The standard InChI is InChI=1S/C13H21N3O/c1-4-6-11(5-2)16-13(17)10-7-8-15-12(9-10)14-3/h7-9,11H,4-6H2,1-3H3,(H,14,15)(H,16,17). The zero-order valence-corrected chi connectivity index (χ0v) is 10.8. The smallest absolute Gasteiger partial charge is 0.251 e. The number of aromatic nitrogens is 1. The van der Waals surface area contributed by atoms with E-state index in [0.717, 1.165) is 19.3 Å². The lowest BCUT2D eigenvalue weighted by atomic mass is 10.1. The minimum atomic E-state index is -0.0239. The molecule has 0 fully saturated rings. The monoisotopic (exact) mass is 235 g/mol. The lowest BCUT2D eigenvalue weighted by molar-refractivity contribution is 0.0933. The molecule has 0 radical (unpaired) electrons. The zero-order valence-electron chi connectivity index (χ0n) is 10.8. The van der Waals surface area contributed by atoms with Crippen molar-refractivity contribution in [3.8, 4) is 0 Å². The van der Waals surface area contributed by atoms with Crippen LogP contribution < -0.4 is 10.6 Å². The van der Waals surface area contributed by atoms with Gasteiger partial charge >= 0.3 is 0 Å². The van der Waals surface area contributed by atoms with E-state index in [4.69, 9.17) is 0 Å². The van der Waals surface area contributed by atoms with Gasteiger partial charge in [0, 0.05) is 24.8 Å². The van der Waals surface area contributed by atoms with E-state index in [1.54, 1.807) is 25.4 Å². The SMILES string of the molecule is CCCC(CC)NC(=O)c1ccnc(NC)c1. The van der Waals surface area contributed by atoms with Crippen molar-refractivity contribution >= 4 is 11.7 Å². The van der Waals surface area contributed by atoms with E-state index < -0.39 is 0 Å². The van der Waals surface area contributed by atoms with Crippen molar-refractivity contribution in [2.45, 2.75) is 39.2 Å². The summed E-state index contributed by atoms with van der Waals surface area (Å²) in [5, 5.41) is 5.96. The summed E-state index contributed by atoms with van der Waals surface area (Å²) in [6.07, 6.45) is 4.70. The highest BCUT2D eigenvalue weighted by atomic mass is 16.1. The summed E-state index contributed by atoms with van der Waals surface area (Å²) in [7, 11) is 1.79. The average molecular weight is 235 g/mol. The van der Waals surface area contributed by atoms with E-state index in [0.29, 0.717) is 11.4 Å². The number of carbonyl (C=O) groups is 1. The Morgan fingerprint density at radius 2 is 2.24 bits per heavy atom. The summed E-state index contributed by atoms with van der Waals surface area (Å²) in [5.74, 6) is 0.686. The molecule has 2 N–H and O–H groups in total. The van der Waals surface area contributed by atoms with Crippen molar-refractivity contribution in [3.63, 3.8) is 0 Å². The van der Waals surface area contributed by atoms with Crippen molar-refractivity contribution in [3.05, 3.63) is 23.9 Å². The molecule has 4 heteroatoms. The Bertz CT molecular complexity index is 365. The summed E-state index contributed by atoms with van der Waals surface area (Å²) >= 11 is 0. The molecule has 0 aromatic carbocycles. The first-order chi connectivity index (χ1) is 8.21. The molecule has 0 aliphatic heterocycles. The maximum absolute atomic E-state index is 12.0. The minimum Gasteiger partial charge on any atom is -0.373 e. The molecule has 0 spiro atoms. The summed E-state index contributed by atoms with van der Waals surface area (Å²) in [6.45, 7) is 4.21. The highest BCUT2D eigenvalue weighted by molar-refractivity contribution is 5.94. The predicted molar refractivity (Wildman–Crippen MR) is 70.2 cm³/mol. The number of amides is 1. The number of hydrogen-bond donors (Lipinski definition) is 2. The normalized spacial score (nSPS) is 11.9. The third-order valence-electron chi connectivity index (χ3n) is 2.74. The first-order valence-electron chi connectivity index (χ1n) is 6.15. The molecule has 94 valence electrons. The van der Waals surface area contributed by atoms with E-state index >= 15 is 0 Å². The molecule has 1 aromatic heterocycles. The highest BCUT2D eigenvalue weighted by Gasteiger charge is 2.11. The second-order valence-electron chi connectivity index (χ2n) is 4.05. The number of nitrogens with one attached hydrogen (secondary N) is 2. The Kier molecular flexibility index (Phi) is 5.46. The van der Waals surface area contributed by atoms with Gasteiger partial charge in [-0.2, -0.15) is 0 Å². The van der Waals surface area contributed by atoms with Crippen LogP contribution >= 0.6 is 0 Å². The predicted octanol–water partition coefficient (Wildman–Crippen LogP) is 2.43. The van der Waals surface area contributed by atoms with Crippen LogP contribution in [0.25, 0.3) is 0 Å². The van der Waals surface area contributed by atoms with E-state index in [1.165, 1.54) is 0 Å². The molecular formula is C13H21N3O. The van der Waals surface area contributed by atoms with Crippen LogP contribution in [0.2, 0.25) is 0 Å². The molecule has 4 nitrogen and oxygen atoms in total. The molecule has 0 aliphatic carbocycles. The molecule has 0 aliphatic rings. The van der Waals surface area contributed by atoms with Crippen molar-refractivity contribution in [2.75, 3.05) is 12.4 Å². The van der Waals surface area contributed by atoms with Gasteiger partial charge in [-0.05, 0) is 25.0 Å². The average Bonchev–Trinajstić information content (AvgIpc) is 2.38. The number of anilines is 1. The topological polar surface area (TPSA) is 54.0 Å². The van der Waals surface area contributed by atoms with Crippen LogP contribution in [0.3, 0.4) is 0 Å². The van der Waals surface area contributed by atoms with Crippen molar-refractivity contribution in [2.24, 2.45) is 0 Å². The van der Waals surface area contributed by atoms with Gasteiger partial charge in [-0.15, -0.1) is 0 Å². The van der Waals surface area contributed by atoms with Crippen LogP contribution in [0, 0.1) is 0 Å². The molecule has 1 unspecified atom stereocenters. The number of carbonyl (C=O) groups excluding carboxylic acids is 1. The van der Waals surface area contributed by atoms with Gasteiger partial charge in [-0.3, -0.25) is 4.79 Å². The fraction of sp³-hybridized carbons (Fsp3) is 0.538. The van der Waals surface area contributed by atoms with Gasteiger partial charge in [0.25, 0.3) is 5.91 Å². The minimum absolute atomic E-state index is 0.0239. The summed E-state index contributed by atoms with van der Waals surface area (Å²) in [4.78, 5) is 16.1. The molecule has 0 bridgehead atoms. The molecule has 1 rings (SSSR count). The van der Waals surface area contributed by atoms with E-state index in [-0.39, 0.29) is 11.9 Å². The number of pyridine rings is 1. The number of nitrogens with zero attached hydrogens (tertiary/aromatic N) is 1. The molecule has 17 heavy (non-hydrogen) atoms. The van der Waals surface area contributed by atoms with Gasteiger partial charge in [0.2, 0.25) is 0 Å². The first-order valence-corrected chi connectivity index (χ1v) is 6.15. The molecule has 0 saturated carbocycles. The van der Waals surface area contributed by atoms with Gasteiger partial charge in [-0.1, -0.05) is 20.3 Å². The maximum Gasteiger partial charge on any atom is 0.251 e. The molecule has 1 atom stereocenters. The quantitative estimate of drug-likeness (QED) is 0.796. The second-order valence-corrected chi connectivity index (χ2v) is 4.05. The number of hydrogen-bond acceptors (Lipinski definition) is 3. The summed E-state index contributed by atoms with van der Waals surface area (Å²) in [6, 6.07) is 3.75. The Morgan fingerprint density at radius 1 is 1.47 bits per heavy atom. The van der Waals surface area contributed by atoms with Crippen LogP contribution in [0.5, 0.6) is 0 Å². The molecule has 1 aromatic rings. The Balaban J connectivity index is 2.68. The van der Waals surface area contributed by atoms with Gasteiger partial charge in [0.1, 0.15) is 5.82 Å². The molecule has 1 amide bonds. The van der Waals surface area contributed by atoms with Crippen LogP contribution in [-0.2, 0) is 0 Å². The lowest BCUT2D eigenvalue weighted by Gasteiger charge is -2.16. The number of rotatable bonds is 6. The van der Waals surface area contributed by atoms with E-state index in [9.17, 15) is 4.79 Å². The summed E-state index contributed by atoms with van der Waals surface area (Å²) in [5.41, 5.74) is 0.652. The zero-order chi connectivity index (χ0) is 12.7. The van der Waals surface area contributed by atoms with Crippen molar-refractivity contribution in [1.82, 2.24) is 10.3 Å². The van der Waals surface area contributed by atoms with Crippen LogP contribution in [-0.4, -0.2) is 24.0 Å². The largest absolute Gasteiger partial charge is 0.373 e. The van der Waals surface area contributed by atoms with Crippen LogP contribution in [0.4, 0.5) is 5.82 Å². The maximum atomic E-state index is 12.0. The fourth-order valence-electron chi connectivity index (χ4n) is 1.70. The fourth-order valence-corrected chi connectivity index (χ4v) is 1.70. The highest BCUT2D eigenvalue weighted by Crippen LogP contribution is 2.08. The Labute approximate surface area is 103 Å². The van der Waals surface area contributed by atoms with Crippen LogP contribution in [0.1, 0.15) is 43.5 Å². The van der Waals surface area contributed by atoms with Crippen LogP contribution in [0.15, 0.2) is 18.3 Å². The van der Waals surface area contributed by atoms with E-state index in [1.807, 2.05) is 0 Å². The van der Waals surface area contributed by atoms with E-state index in [2.05, 4.69) is 29.5 Å². The van der Waals surface area contributed by atoms with Crippen molar-refractivity contribution in [1.29, 1.82) is 0 Å².